The molecule has 0 bridgehead atoms. The van der Waals surface area contributed by atoms with Crippen LogP contribution in [0.4, 0.5) is 0 Å². The molecule has 0 aromatic rings. The van der Waals surface area contributed by atoms with Gasteiger partial charge in [0.05, 0.1) is 0 Å². The van der Waals surface area contributed by atoms with E-state index in [2.05, 4.69) is 6.92 Å². The van der Waals surface area contributed by atoms with Gasteiger partial charge in [-0.25, -0.2) is 4.79 Å². The molecule has 1 N–H and O–H groups in total. The van der Waals surface area contributed by atoms with Crippen molar-refractivity contribution in [2.24, 2.45) is 0 Å². The highest BCUT2D eigenvalue weighted by Crippen LogP contribution is 1.96. The van der Waals surface area contributed by atoms with Crippen molar-refractivity contribution in [3.8, 4) is 0 Å². The Hall–Kier alpha value is -1.12. The topological polar surface area (TPSA) is 54.4 Å². The van der Waals surface area contributed by atoms with Gasteiger partial charge < -0.3 is 5.11 Å². The maximum atomic E-state index is 10.5. The van der Waals surface area contributed by atoms with E-state index in [9.17, 15) is 9.59 Å². The Kier molecular flexibility index (Phi) is 5.97. The summed E-state index contributed by atoms with van der Waals surface area (Å²) in [5.41, 5.74) is 0. The quantitative estimate of drug-likeness (QED) is 0.375. The Morgan fingerprint density at radius 2 is 2.00 bits per heavy atom. The lowest BCUT2D eigenvalue weighted by Gasteiger charge is -1.88. The third-order valence-corrected chi connectivity index (χ3v) is 1.43. The van der Waals surface area contributed by atoms with Crippen molar-refractivity contribution in [3.05, 3.63) is 12.2 Å². The largest absolute Gasteiger partial charge is 0.475 e. The fraction of sp³-hybridized carbons (Fsp3) is 0.556. The van der Waals surface area contributed by atoms with Gasteiger partial charge in [-0.15, -0.1) is 0 Å². The minimum atomic E-state index is -1.35. The second-order valence-electron chi connectivity index (χ2n) is 2.55. The van der Waals surface area contributed by atoms with Gasteiger partial charge in [0.1, 0.15) is 0 Å². The zero-order valence-electron chi connectivity index (χ0n) is 7.25. The van der Waals surface area contributed by atoms with Gasteiger partial charge in [-0.3, -0.25) is 4.79 Å². The smallest absolute Gasteiger partial charge is 0.372 e. The van der Waals surface area contributed by atoms with Gasteiger partial charge >= 0.3 is 5.97 Å². The first kappa shape index (κ1) is 10.9. The van der Waals surface area contributed by atoms with Crippen LogP contribution >= 0.6 is 0 Å². The summed E-state index contributed by atoms with van der Waals surface area (Å²) in [4.78, 5) is 20.6. The maximum absolute atomic E-state index is 10.5. The third-order valence-electron chi connectivity index (χ3n) is 1.43. The van der Waals surface area contributed by atoms with Crippen LogP contribution in [0.2, 0.25) is 0 Å². The first-order valence-corrected chi connectivity index (χ1v) is 4.09. The van der Waals surface area contributed by atoms with E-state index in [0.717, 1.165) is 19.3 Å². The number of carboxylic acids is 1. The average molecular weight is 170 g/mol. The molecule has 0 atom stereocenters. The number of carboxylic acid groups (broad SMARTS) is 1. The van der Waals surface area contributed by atoms with E-state index in [1.54, 1.807) is 6.08 Å². The molecular formula is C9H14O3. The molecule has 12 heavy (non-hydrogen) atoms. The second-order valence-corrected chi connectivity index (χ2v) is 2.55. The van der Waals surface area contributed by atoms with E-state index in [4.69, 9.17) is 5.11 Å². The number of ketones is 1. The number of Topliss-reactive ketones (excluding diaryl/α,β-unsaturated/α-hetero) is 1. The number of hydrogen-bond acceptors (Lipinski definition) is 2. The standard InChI is InChI=1S/C9H14O3/c1-2-3-4-5-6-7-8(10)9(11)12/h5-6H,2-4,7H2,1H3,(H,11,12)/b6-5+. The monoisotopic (exact) mass is 170 g/mol. The Balaban J connectivity index is 3.47. The van der Waals surface area contributed by atoms with Gasteiger partial charge in [-0.05, 0) is 6.42 Å². The molecule has 0 rings (SSSR count). The SMILES string of the molecule is CCCC/C=C/CC(=O)C(=O)O. The number of allylic oxidation sites excluding steroid dienone is 2. The van der Waals surface area contributed by atoms with Crippen molar-refractivity contribution in [2.75, 3.05) is 0 Å². The summed E-state index contributed by atoms with van der Waals surface area (Å²) in [6.45, 7) is 2.08. The number of hydrogen-bond donors (Lipinski definition) is 1. The number of rotatable bonds is 6. The molecule has 0 aliphatic carbocycles. The van der Waals surface area contributed by atoms with E-state index in [1.807, 2.05) is 6.08 Å². The normalized spacial score (nSPS) is 10.4. The zero-order valence-corrected chi connectivity index (χ0v) is 7.25. The summed E-state index contributed by atoms with van der Waals surface area (Å²) in [5.74, 6) is -2.10. The van der Waals surface area contributed by atoms with Crippen LogP contribution in [0.1, 0.15) is 32.6 Å². The molecule has 0 fully saturated rings. The fourth-order valence-electron chi connectivity index (χ4n) is 0.718. The first-order valence-electron chi connectivity index (χ1n) is 4.09. The van der Waals surface area contributed by atoms with E-state index >= 15 is 0 Å². The summed E-state index contributed by atoms with van der Waals surface area (Å²) in [5, 5.41) is 8.20. The van der Waals surface area contributed by atoms with Gasteiger partial charge in [0, 0.05) is 6.42 Å². The Labute approximate surface area is 72.1 Å². The molecule has 0 spiro atoms. The number of aliphatic carboxylic acids is 1. The van der Waals surface area contributed by atoms with Crippen LogP contribution in [0.25, 0.3) is 0 Å². The molecule has 0 saturated carbocycles. The van der Waals surface area contributed by atoms with Crippen LogP contribution in [-0.2, 0) is 9.59 Å². The van der Waals surface area contributed by atoms with E-state index in [1.165, 1.54) is 0 Å². The van der Waals surface area contributed by atoms with Crippen LogP contribution in [0, 0.1) is 0 Å². The molecule has 0 heterocycles. The van der Waals surface area contributed by atoms with Gasteiger partial charge in [0.25, 0.3) is 0 Å². The van der Waals surface area contributed by atoms with Crippen LogP contribution in [-0.4, -0.2) is 16.9 Å². The van der Waals surface area contributed by atoms with Crippen molar-refractivity contribution in [1.29, 1.82) is 0 Å². The zero-order chi connectivity index (χ0) is 9.40. The van der Waals surface area contributed by atoms with E-state index in [-0.39, 0.29) is 6.42 Å². The van der Waals surface area contributed by atoms with Gasteiger partial charge in [0.15, 0.2) is 0 Å². The molecule has 0 saturated heterocycles. The van der Waals surface area contributed by atoms with Crippen molar-refractivity contribution in [3.63, 3.8) is 0 Å². The molecule has 0 aromatic carbocycles. The highest BCUT2D eigenvalue weighted by atomic mass is 16.4. The van der Waals surface area contributed by atoms with Crippen molar-refractivity contribution in [2.45, 2.75) is 32.6 Å². The Bertz CT molecular complexity index is 182. The summed E-state index contributed by atoms with van der Waals surface area (Å²) >= 11 is 0. The second kappa shape index (κ2) is 6.58. The van der Waals surface area contributed by atoms with Crippen molar-refractivity contribution in [1.82, 2.24) is 0 Å². The van der Waals surface area contributed by atoms with Gasteiger partial charge in [0.2, 0.25) is 5.78 Å². The number of carbonyl (C=O) groups is 2. The van der Waals surface area contributed by atoms with E-state index < -0.39 is 11.8 Å². The summed E-state index contributed by atoms with van der Waals surface area (Å²) in [6.07, 6.45) is 6.59. The molecule has 0 unspecified atom stereocenters. The molecule has 0 aliphatic rings. The van der Waals surface area contributed by atoms with E-state index in [0.29, 0.717) is 0 Å². The number of unbranched alkanes of at least 4 members (excludes halogenated alkanes) is 2. The maximum Gasteiger partial charge on any atom is 0.372 e. The molecule has 0 aliphatic heterocycles. The first-order chi connectivity index (χ1) is 5.68. The molecule has 0 aromatic heterocycles. The van der Waals surface area contributed by atoms with Crippen molar-refractivity contribution < 1.29 is 14.7 Å². The molecule has 0 amide bonds. The third kappa shape index (κ3) is 5.65. The van der Waals surface area contributed by atoms with Crippen LogP contribution in [0.5, 0.6) is 0 Å². The predicted molar refractivity (Wildman–Crippen MR) is 45.9 cm³/mol. The van der Waals surface area contributed by atoms with Crippen LogP contribution < -0.4 is 0 Å². The molecular weight excluding hydrogens is 156 g/mol. The predicted octanol–water partition coefficient (Wildman–Crippen LogP) is 1.78. The Morgan fingerprint density at radius 1 is 1.33 bits per heavy atom. The Morgan fingerprint density at radius 3 is 2.50 bits per heavy atom. The summed E-state index contributed by atoms with van der Waals surface area (Å²) < 4.78 is 0. The van der Waals surface area contributed by atoms with Gasteiger partial charge in [-0.1, -0.05) is 31.9 Å². The average Bonchev–Trinajstić information content (AvgIpc) is 2.03. The lowest BCUT2D eigenvalue weighted by Crippen LogP contribution is -2.10. The minimum Gasteiger partial charge on any atom is -0.475 e. The minimum absolute atomic E-state index is 0.0129. The lowest BCUT2D eigenvalue weighted by atomic mass is 10.2. The highest BCUT2D eigenvalue weighted by molar-refractivity contribution is 6.33. The number of carbonyl (C=O) groups excluding carboxylic acids is 1. The summed E-state index contributed by atoms with van der Waals surface area (Å²) in [7, 11) is 0. The molecule has 3 nitrogen and oxygen atoms in total. The fourth-order valence-corrected chi connectivity index (χ4v) is 0.718. The molecule has 68 valence electrons. The lowest BCUT2D eigenvalue weighted by molar-refractivity contribution is -0.148. The van der Waals surface area contributed by atoms with Gasteiger partial charge in [-0.2, -0.15) is 0 Å². The van der Waals surface area contributed by atoms with Crippen LogP contribution in [0.15, 0.2) is 12.2 Å². The molecule has 3 heteroatoms. The van der Waals surface area contributed by atoms with Crippen molar-refractivity contribution >= 4 is 11.8 Å². The van der Waals surface area contributed by atoms with Crippen LogP contribution in [0.3, 0.4) is 0 Å². The molecule has 0 radical (unpaired) electrons. The highest BCUT2D eigenvalue weighted by Gasteiger charge is 2.07. The summed E-state index contributed by atoms with van der Waals surface area (Å²) in [6, 6.07) is 0.